The summed E-state index contributed by atoms with van der Waals surface area (Å²) in [5, 5.41) is 1.17. The van der Waals surface area contributed by atoms with Crippen LogP contribution < -0.4 is 10.6 Å². The number of hydrogen-bond acceptors (Lipinski definition) is 4. The fourth-order valence-electron chi connectivity index (χ4n) is 2.38. The Bertz CT molecular complexity index is 349. The first kappa shape index (κ1) is 11.9. The van der Waals surface area contributed by atoms with Gasteiger partial charge in [0, 0.05) is 23.5 Å². The van der Waals surface area contributed by atoms with Crippen LogP contribution in [-0.2, 0) is 13.0 Å². The summed E-state index contributed by atoms with van der Waals surface area (Å²) in [6.45, 7) is 8.50. The normalized spacial score (nSPS) is 19.4. The molecule has 0 amide bonds. The summed E-state index contributed by atoms with van der Waals surface area (Å²) >= 11 is 1.77. The first-order valence-electron chi connectivity index (χ1n) is 6.04. The molecule has 0 aliphatic carbocycles. The molecule has 1 aliphatic heterocycles. The van der Waals surface area contributed by atoms with E-state index in [-0.39, 0.29) is 5.54 Å². The van der Waals surface area contributed by atoms with Crippen molar-refractivity contribution < 1.29 is 0 Å². The minimum atomic E-state index is 0.259. The van der Waals surface area contributed by atoms with Crippen LogP contribution >= 0.6 is 11.3 Å². The summed E-state index contributed by atoms with van der Waals surface area (Å²) in [5.41, 5.74) is 7.20. The van der Waals surface area contributed by atoms with Crippen molar-refractivity contribution in [3.05, 3.63) is 10.6 Å². The van der Waals surface area contributed by atoms with Gasteiger partial charge in [0.05, 0.1) is 5.69 Å². The Hall–Kier alpha value is -0.610. The summed E-state index contributed by atoms with van der Waals surface area (Å²) in [4.78, 5) is 8.43. The van der Waals surface area contributed by atoms with Crippen LogP contribution in [0, 0.1) is 0 Å². The maximum Gasteiger partial charge on any atom is 0.186 e. The fraction of sp³-hybridized carbons (Fsp3) is 0.750. The summed E-state index contributed by atoms with van der Waals surface area (Å²) in [6.07, 6.45) is 3.51. The third kappa shape index (κ3) is 1.96. The van der Waals surface area contributed by atoms with Crippen LogP contribution in [0.2, 0.25) is 0 Å². The fourth-order valence-corrected chi connectivity index (χ4v) is 3.60. The topological polar surface area (TPSA) is 42.2 Å². The van der Waals surface area contributed by atoms with Crippen LogP contribution in [0.5, 0.6) is 0 Å². The van der Waals surface area contributed by atoms with E-state index in [0.29, 0.717) is 6.54 Å². The molecule has 0 aromatic carbocycles. The monoisotopic (exact) mass is 239 g/mol. The van der Waals surface area contributed by atoms with Crippen LogP contribution in [0.1, 0.15) is 44.2 Å². The molecule has 1 aliphatic rings. The van der Waals surface area contributed by atoms with Crippen LogP contribution in [0.4, 0.5) is 5.13 Å². The van der Waals surface area contributed by atoms with Crippen molar-refractivity contribution >= 4 is 16.5 Å². The Labute approximate surface area is 102 Å². The second-order valence-corrected chi connectivity index (χ2v) is 6.05. The molecule has 1 aromatic rings. The first-order valence-corrected chi connectivity index (χ1v) is 6.86. The number of aromatic nitrogens is 1. The Morgan fingerprint density at radius 1 is 1.50 bits per heavy atom. The van der Waals surface area contributed by atoms with Crippen molar-refractivity contribution in [3.8, 4) is 0 Å². The number of aryl methyl sites for hydroxylation is 1. The first-order chi connectivity index (χ1) is 7.58. The maximum absolute atomic E-state index is 5.76. The molecular formula is C12H21N3S. The van der Waals surface area contributed by atoms with Gasteiger partial charge in [0.1, 0.15) is 0 Å². The van der Waals surface area contributed by atoms with E-state index in [2.05, 4.69) is 25.7 Å². The van der Waals surface area contributed by atoms with E-state index >= 15 is 0 Å². The van der Waals surface area contributed by atoms with Gasteiger partial charge in [-0.15, -0.1) is 11.3 Å². The van der Waals surface area contributed by atoms with Crippen LogP contribution in [0.3, 0.4) is 0 Å². The quantitative estimate of drug-likeness (QED) is 0.881. The zero-order chi connectivity index (χ0) is 11.8. The zero-order valence-corrected chi connectivity index (χ0v) is 11.2. The number of thiazole rings is 1. The molecule has 16 heavy (non-hydrogen) atoms. The molecule has 1 aromatic heterocycles. The number of rotatable bonds is 3. The van der Waals surface area contributed by atoms with Crippen LogP contribution in [0.15, 0.2) is 0 Å². The molecule has 3 nitrogen and oxygen atoms in total. The van der Waals surface area contributed by atoms with Crippen molar-refractivity contribution in [3.63, 3.8) is 0 Å². The Morgan fingerprint density at radius 3 is 2.69 bits per heavy atom. The Kier molecular flexibility index (Phi) is 3.22. The lowest BCUT2D eigenvalue weighted by molar-refractivity contribution is 0.517. The molecular weight excluding hydrogens is 218 g/mol. The minimum Gasteiger partial charge on any atom is -0.343 e. The lowest BCUT2D eigenvalue weighted by Gasteiger charge is -2.31. The number of nitrogens with zero attached hydrogens (tertiary/aromatic N) is 2. The maximum atomic E-state index is 5.76. The molecule has 0 bridgehead atoms. The second-order valence-electron chi connectivity index (χ2n) is 4.99. The second kappa shape index (κ2) is 4.34. The highest BCUT2D eigenvalue weighted by molar-refractivity contribution is 7.15. The van der Waals surface area contributed by atoms with E-state index < -0.39 is 0 Å². The van der Waals surface area contributed by atoms with Gasteiger partial charge < -0.3 is 10.6 Å². The van der Waals surface area contributed by atoms with Gasteiger partial charge >= 0.3 is 0 Å². The number of nitrogens with two attached hydrogens (primary N) is 1. The summed E-state index contributed by atoms with van der Waals surface area (Å²) < 4.78 is 0. The Morgan fingerprint density at radius 2 is 2.25 bits per heavy atom. The Balaban J connectivity index is 2.30. The highest BCUT2D eigenvalue weighted by atomic mass is 32.1. The number of anilines is 1. The highest BCUT2D eigenvalue weighted by Crippen LogP contribution is 2.37. The standard InChI is InChI=1S/C12H21N3S/c1-4-9-10(8-13)16-11(14-9)15-7-5-6-12(15,2)3/h4-8,13H2,1-3H3. The molecule has 0 saturated carbocycles. The summed E-state index contributed by atoms with van der Waals surface area (Å²) in [5.74, 6) is 0. The third-order valence-corrected chi connectivity index (χ3v) is 4.56. The molecule has 0 spiro atoms. The van der Waals surface area contributed by atoms with E-state index in [4.69, 9.17) is 10.7 Å². The zero-order valence-electron chi connectivity index (χ0n) is 10.4. The molecule has 2 N–H and O–H groups in total. The third-order valence-electron chi connectivity index (χ3n) is 3.42. The smallest absolute Gasteiger partial charge is 0.186 e. The van der Waals surface area contributed by atoms with Crippen LogP contribution in [0.25, 0.3) is 0 Å². The minimum absolute atomic E-state index is 0.259. The van der Waals surface area contributed by atoms with Crippen LogP contribution in [-0.4, -0.2) is 17.1 Å². The van der Waals surface area contributed by atoms with E-state index in [1.165, 1.54) is 28.5 Å². The molecule has 4 heteroatoms. The van der Waals surface area contributed by atoms with Gasteiger partial charge in [0.2, 0.25) is 0 Å². The molecule has 2 heterocycles. The summed E-state index contributed by atoms with van der Waals surface area (Å²) in [7, 11) is 0. The molecule has 1 saturated heterocycles. The van der Waals surface area contributed by atoms with Gasteiger partial charge in [0.25, 0.3) is 0 Å². The van der Waals surface area contributed by atoms with E-state index in [1.54, 1.807) is 11.3 Å². The van der Waals surface area contributed by atoms with Gasteiger partial charge in [-0.2, -0.15) is 0 Å². The molecule has 2 rings (SSSR count). The highest BCUT2D eigenvalue weighted by Gasteiger charge is 2.34. The molecule has 1 fully saturated rings. The lowest BCUT2D eigenvalue weighted by atomic mass is 10.0. The molecule has 0 atom stereocenters. The van der Waals surface area contributed by atoms with Crippen molar-refractivity contribution in [2.45, 2.75) is 52.1 Å². The average Bonchev–Trinajstić information content (AvgIpc) is 2.80. The van der Waals surface area contributed by atoms with Gasteiger partial charge in [-0.05, 0) is 33.1 Å². The van der Waals surface area contributed by atoms with Gasteiger partial charge in [-0.3, -0.25) is 0 Å². The summed E-state index contributed by atoms with van der Waals surface area (Å²) in [6, 6.07) is 0. The van der Waals surface area contributed by atoms with Gasteiger partial charge in [-0.25, -0.2) is 4.98 Å². The van der Waals surface area contributed by atoms with E-state index in [0.717, 1.165) is 13.0 Å². The molecule has 90 valence electrons. The van der Waals surface area contributed by atoms with Gasteiger partial charge in [0.15, 0.2) is 5.13 Å². The molecule has 0 radical (unpaired) electrons. The van der Waals surface area contributed by atoms with Gasteiger partial charge in [-0.1, -0.05) is 6.92 Å². The molecule has 0 unspecified atom stereocenters. The van der Waals surface area contributed by atoms with Crippen molar-refractivity contribution in [2.24, 2.45) is 5.73 Å². The van der Waals surface area contributed by atoms with Crippen molar-refractivity contribution in [1.29, 1.82) is 0 Å². The average molecular weight is 239 g/mol. The van der Waals surface area contributed by atoms with Crippen molar-refractivity contribution in [1.82, 2.24) is 4.98 Å². The number of hydrogen-bond donors (Lipinski definition) is 1. The predicted octanol–water partition coefficient (Wildman–Crippen LogP) is 2.54. The van der Waals surface area contributed by atoms with E-state index in [9.17, 15) is 0 Å². The van der Waals surface area contributed by atoms with E-state index in [1.807, 2.05) is 0 Å². The largest absolute Gasteiger partial charge is 0.343 e. The predicted molar refractivity (Wildman–Crippen MR) is 70.0 cm³/mol. The lowest BCUT2D eigenvalue weighted by Crippen LogP contribution is -2.38. The van der Waals surface area contributed by atoms with Crippen molar-refractivity contribution in [2.75, 3.05) is 11.4 Å². The SMILES string of the molecule is CCc1nc(N2CCCC2(C)C)sc1CN.